The lowest BCUT2D eigenvalue weighted by Gasteiger charge is -2.15. The van der Waals surface area contributed by atoms with Crippen molar-refractivity contribution in [3.63, 3.8) is 0 Å². The highest BCUT2D eigenvalue weighted by atomic mass is 16.5. The number of aliphatic hydroxyl groups is 1. The third-order valence-corrected chi connectivity index (χ3v) is 7.31. The molecule has 0 aliphatic heterocycles. The fourth-order valence-corrected chi connectivity index (χ4v) is 4.10. The van der Waals surface area contributed by atoms with Gasteiger partial charge in [0.2, 0.25) is 0 Å². The lowest BCUT2D eigenvalue weighted by molar-refractivity contribution is 0.0427. The molecule has 7 heteroatoms. The van der Waals surface area contributed by atoms with Crippen LogP contribution in [-0.4, -0.2) is 65.1 Å². The average Bonchev–Trinajstić information content (AvgIpc) is 3.02. The summed E-state index contributed by atoms with van der Waals surface area (Å²) >= 11 is 0. The summed E-state index contributed by atoms with van der Waals surface area (Å²) in [5, 5.41) is 8.75. The SMILES string of the molecule is CCCCC(CC)CO.CCCCC(CC)COC(=O)c1ccc(N(C)C)cc1.CCOC(=O)c1ccc(N(C)C)cc1. The third-order valence-electron chi connectivity index (χ3n) is 7.31. The Morgan fingerprint density at radius 3 is 1.37 bits per heavy atom. The Balaban J connectivity index is 0.000000667. The van der Waals surface area contributed by atoms with E-state index >= 15 is 0 Å². The second-order valence-corrected chi connectivity index (χ2v) is 11.2. The number of benzene rings is 2. The van der Waals surface area contributed by atoms with E-state index in [1.165, 1.54) is 32.1 Å². The zero-order valence-electron chi connectivity index (χ0n) is 28.5. The van der Waals surface area contributed by atoms with Gasteiger partial charge < -0.3 is 24.4 Å². The van der Waals surface area contributed by atoms with Gasteiger partial charge in [0, 0.05) is 46.2 Å². The van der Waals surface area contributed by atoms with Gasteiger partial charge in [-0.1, -0.05) is 66.2 Å². The van der Waals surface area contributed by atoms with Crippen LogP contribution in [0.3, 0.4) is 0 Å². The first kappa shape index (κ1) is 39.9. The first-order valence-corrected chi connectivity index (χ1v) is 16.1. The number of carbonyl (C=O) groups excluding carboxylic acids is 2. The van der Waals surface area contributed by atoms with Gasteiger partial charge in [-0.05, 0) is 80.1 Å². The van der Waals surface area contributed by atoms with Crippen LogP contribution in [0.1, 0.15) is 107 Å². The molecular weight excluding hydrogens is 540 g/mol. The van der Waals surface area contributed by atoms with E-state index in [1.807, 2.05) is 74.4 Å². The van der Waals surface area contributed by atoms with E-state index < -0.39 is 0 Å². The van der Waals surface area contributed by atoms with E-state index in [9.17, 15) is 9.59 Å². The van der Waals surface area contributed by atoms with Crippen LogP contribution in [0, 0.1) is 11.8 Å². The molecule has 0 saturated heterocycles. The monoisotopic (exact) mass is 600 g/mol. The van der Waals surface area contributed by atoms with Crippen molar-refractivity contribution in [2.75, 3.05) is 57.8 Å². The molecule has 2 aromatic carbocycles. The van der Waals surface area contributed by atoms with Gasteiger partial charge in [0.05, 0.1) is 24.3 Å². The van der Waals surface area contributed by atoms with E-state index in [4.69, 9.17) is 14.6 Å². The number of nitrogens with zero attached hydrogens (tertiary/aromatic N) is 2. The quantitative estimate of drug-likeness (QED) is 0.194. The Hall–Kier alpha value is -3.06. The summed E-state index contributed by atoms with van der Waals surface area (Å²) in [4.78, 5) is 27.3. The minimum Gasteiger partial charge on any atom is -0.462 e. The molecule has 0 saturated carbocycles. The molecule has 2 unspecified atom stereocenters. The normalized spacial score (nSPS) is 11.6. The van der Waals surface area contributed by atoms with Crippen LogP contribution in [-0.2, 0) is 9.47 Å². The molecule has 0 bridgehead atoms. The second-order valence-electron chi connectivity index (χ2n) is 11.2. The molecule has 0 heterocycles. The van der Waals surface area contributed by atoms with Gasteiger partial charge in [0.1, 0.15) is 0 Å². The number of carbonyl (C=O) groups is 2. The molecule has 0 spiro atoms. The molecule has 43 heavy (non-hydrogen) atoms. The van der Waals surface area contributed by atoms with Crippen LogP contribution in [0.15, 0.2) is 48.5 Å². The molecule has 0 aliphatic rings. The molecule has 2 atom stereocenters. The highest BCUT2D eigenvalue weighted by Gasteiger charge is 2.12. The number of esters is 2. The van der Waals surface area contributed by atoms with Crippen molar-refractivity contribution in [1.29, 1.82) is 0 Å². The molecular formula is C36H60N2O5. The second kappa shape index (κ2) is 24.4. The molecule has 0 aliphatic carbocycles. The van der Waals surface area contributed by atoms with E-state index in [0.717, 1.165) is 30.6 Å². The molecule has 0 aromatic heterocycles. The number of unbranched alkanes of at least 4 members (excludes halogenated alkanes) is 2. The smallest absolute Gasteiger partial charge is 0.338 e. The van der Waals surface area contributed by atoms with Gasteiger partial charge >= 0.3 is 11.9 Å². The molecule has 2 aromatic rings. The zero-order chi connectivity index (χ0) is 32.6. The minimum absolute atomic E-state index is 0.217. The Labute approximate surface area is 262 Å². The predicted molar refractivity (Wildman–Crippen MR) is 181 cm³/mol. The van der Waals surface area contributed by atoms with Crippen molar-refractivity contribution >= 4 is 23.3 Å². The average molecular weight is 601 g/mol. The van der Waals surface area contributed by atoms with Crippen molar-refractivity contribution in [2.24, 2.45) is 11.8 Å². The Morgan fingerprint density at radius 2 is 1.05 bits per heavy atom. The summed E-state index contributed by atoms with van der Waals surface area (Å²) in [6, 6.07) is 14.9. The van der Waals surface area contributed by atoms with Gasteiger partial charge in [-0.25, -0.2) is 9.59 Å². The first-order chi connectivity index (χ1) is 20.6. The standard InChI is InChI=1S/C17H27NO2.C11H15NO2.C8H18O/c1-5-7-8-14(6-2)13-20-17(19)15-9-11-16(12-10-15)18(3)4;1-4-14-11(13)9-5-7-10(8-6-9)12(2)3;1-3-5-6-8(4-2)7-9/h9-12,14H,5-8,13H2,1-4H3;5-8H,4H2,1-3H3;8-9H,3-7H2,1-2H3. The van der Waals surface area contributed by atoms with E-state index in [0.29, 0.717) is 42.8 Å². The maximum Gasteiger partial charge on any atom is 0.338 e. The number of ether oxygens (including phenoxy) is 2. The van der Waals surface area contributed by atoms with Gasteiger partial charge in [0.15, 0.2) is 0 Å². The van der Waals surface area contributed by atoms with Gasteiger partial charge in [-0.2, -0.15) is 0 Å². The summed E-state index contributed by atoms with van der Waals surface area (Å²) in [7, 11) is 7.87. The predicted octanol–water partition coefficient (Wildman–Crippen LogP) is 8.25. The number of rotatable bonds is 16. The van der Waals surface area contributed by atoms with Crippen LogP contribution in [0.5, 0.6) is 0 Å². The fourth-order valence-electron chi connectivity index (χ4n) is 4.10. The highest BCUT2D eigenvalue weighted by molar-refractivity contribution is 5.90. The van der Waals surface area contributed by atoms with Crippen LogP contribution in [0.4, 0.5) is 11.4 Å². The van der Waals surface area contributed by atoms with Crippen molar-refractivity contribution in [2.45, 2.75) is 86.0 Å². The Kier molecular flexibility index (Phi) is 22.7. The molecule has 7 nitrogen and oxygen atoms in total. The van der Waals surface area contributed by atoms with Crippen molar-refractivity contribution < 1.29 is 24.2 Å². The Morgan fingerprint density at radius 1 is 0.651 bits per heavy atom. The minimum atomic E-state index is -0.266. The zero-order valence-corrected chi connectivity index (χ0v) is 28.5. The summed E-state index contributed by atoms with van der Waals surface area (Å²) in [5.41, 5.74) is 3.37. The van der Waals surface area contributed by atoms with E-state index in [1.54, 1.807) is 19.1 Å². The number of anilines is 2. The van der Waals surface area contributed by atoms with Gasteiger partial charge in [0.25, 0.3) is 0 Å². The van der Waals surface area contributed by atoms with Crippen molar-refractivity contribution in [1.82, 2.24) is 0 Å². The van der Waals surface area contributed by atoms with Crippen molar-refractivity contribution in [3.8, 4) is 0 Å². The maximum atomic E-state index is 12.0. The topological polar surface area (TPSA) is 79.3 Å². The maximum absolute atomic E-state index is 12.0. The van der Waals surface area contributed by atoms with Crippen molar-refractivity contribution in [3.05, 3.63) is 59.7 Å². The van der Waals surface area contributed by atoms with Crippen LogP contribution in [0.2, 0.25) is 0 Å². The van der Waals surface area contributed by atoms with Crippen LogP contribution < -0.4 is 9.80 Å². The van der Waals surface area contributed by atoms with E-state index in [2.05, 4.69) is 27.7 Å². The Bertz CT molecular complexity index is 970. The molecule has 1 N–H and O–H groups in total. The highest BCUT2D eigenvalue weighted by Crippen LogP contribution is 2.16. The van der Waals surface area contributed by atoms with E-state index in [-0.39, 0.29) is 11.9 Å². The lowest BCUT2D eigenvalue weighted by atomic mass is 10.0. The van der Waals surface area contributed by atoms with Gasteiger partial charge in [-0.15, -0.1) is 0 Å². The summed E-state index contributed by atoms with van der Waals surface area (Å²) in [6.07, 6.45) is 9.42. The fraction of sp³-hybridized carbons (Fsp3) is 0.611. The molecule has 2 rings (SSSR count). The number of aliphatic hydroxyl groups excluding tert-OH is 1. The molecule has 244 valence electrons. The van der Waals surface area contributed by atoms with Crippen LogP contribution in [0.25, 0.3) is 0 Å². The first-order valence-electron chi connectivity index (χ1n) is 16.1. The van der Waals surface area contributed by atoms with Crippen LogP contribution >= 0.6 is 0 Å². The number of hydrogen-bond acceptors (Lipinski definition) is 7. The number of hydrogen-bond donors (Lipinski definition) is 1. The lowest BCUT2D eigenvalue weighted by Crippen LogP contribution is -2.14. The largest absolute Gasteiger partial charge is 0.462 e. The molecule has 0 fully saturated rings. The summed E-state index contributed by atoms with van der Waals surface area (Å²) in [5.74, 6) is 0.563. The molecule has 0 radical (unpaired) electrons. The third kappa shape index (κ3) is 17.6. The molecule has 0 amide bonds. The summed E-state index contributed by atoms with van der Waals surface area (Å²) < 4.78 is 10.3. The summed E-state index contributed by atoms with van der Waals surface area (Å²) in [6.45, 7) is 11.8. The van der Waals surface area contributed by atoms with Gasteiger partial charge in [-0.3, -0.25) is 0 Å².